The van der Waals surface area contributed by atoms with E-state index in [-0.39, 0.29) is 19.6 Å². The van der Waals surface area contributed by atoms with Crippen LogP contribution in [0.25, 0.3) is 0 Å². The van der Waals surface area contributed by atoms with Crippen LogP contribution in [-0.2, 0) is 18.4 Å². The summed E-state index contributed by atoms with van der Waals surface area (Å²) in [6.07, 6.45) is 38.0. The number of aliphatic hydroxyl groups is 2. The minimum atomic E-state index is -4.40. The van der Waals surface area contributed by atoms with Gasteiger partial charge in [0.1, 0.15) is 0 Å². The summed E-state index contributed by atoms with van der Waals surface area (Å²) in [7, 11) is -4.40. The molecule has 6 N–H and O–H groups in total. The van der Waals surface area contributed by atoms with Crippen LogP contribution in [-0.4, -0.2) is 59.0 Å². The van der Waals surface area contributed by atoms with Gasteiger partial charge in [-0.15, -0.1) is 0 Å². The van der Waals surface area contributed by atoms with Gasteiger partial charge in [-0.05, 0) is 38.5 Å². The Morgan fingerprint density at radius 3 is 1.64 bits per heavy atom. The molecule has 0 saturated heterocycles. The standard InChI is InChI=1S/C40H77N2O7P/c1-3-5-7-9-11-13-15-17-18-19-20-21-23-25-27-29-31-37(43)35-40(45)42-38(36-49-50(46,47)48-34-33-41)39(44)32-30-28-26-24-22-16-14-12-10-8-6-4-2/h10,12,22,24,30,32,37-39,43-44H,3-9,11,13-21,23,25-29,31,33-36,41H2,1-2H3,(H,42,45)(H,46,47)/b12-10+,24-22+,32-30+. The van der Waals surface area contributed by atoms with Crippen LogP contribution >= 0.6 is 7.82 Å². The molecule has 4 atom stereocenters. The number of phosphoric ester groups is 1. The Kier molecular flexibility index (Phi) is 35.1. The number of nitrogens with one attached hydrogen (secondary N) is 1. The zero-order valence-corrected chi connectivity index (χ0v) is 32.9. The molecule has 0 aliphatic heterocycles. The number of carbonyl (C=O) groups is 1. The number of hydrogen-bond donors (Lipinski definition) is 5. The first-order chi connectivity index (χ1) is 24.3. The highest BCUT2D eigenvalue weighted by Crippen LogP contribution is 2.43. The normalized spacial score (nSPS) is 15.2. The van der Waals surface area contributed by atoms with Crippen molar-refractivity contribution in [3.05, 3.63) is 36.5 Å². The van der Waals surface area contributed by atoms with Crippen molar-refractivity contribution in [1.82, 2.24) is 5.32 Å². The Balaban J connectivity index is 4.38. The van der Waals surface area contributed by atoms with Gasteiger partial charge in [0.25, 0.3) is 0 Å². The Morgan fingerprint density at radius 1 is 0.680 bits per heavy atom. The summed E-state index contributed by atoms with van der Waals surface area (Å²) in [6.45, 7) is 3.88. The van der Waals surface area contributed by atoms with Crippen LogP contribution in [0.3, 0.4) is 0 Å². The molecule has 0 aromatic heterocycles. The average Bonchev–Trinajstić information content (AvgIpc) is 3.09. The fourth-order valence-corrected chi connectivity index (χ4v) is 6.42. The first-order valence-electron chi connectivity index (χ1n) is 20.2. The van der Waals surface area contributed by atoms with E-state index in [1.54, 1.807) is 6.08 Å². The summed E-state index contributed by atoms with van der Waals surface area (Å²) in [5.41, 5.74) is 5.34. The van der Waals surface area contributed by atoms with Gasteiger partial charge in [-0.1, -0.05) is 166 Å². The highest BCUT2D eigenvalue weighted by molar-refractivity contribution is 7.47. The number of unbranched alkanes of at least 4 members (excludes halogenated alkanes) is 19. The van der Waals surface area contributed by atoms with E-state index in [4.69, 9.17) is 14.8 Å². The number of amides is 1. The van der Waals surface area contributed by atoms with Gasteiger partial charge in [0.2, 0.25) is 5.91 Å². The summed E-state index contributed by atoms with van der Waals surface area (Å²) in [6, 6.07) is -1.00. The maximum absolute atomic E-state index is 12.8. The van der Waals surface area contributed by atoms with Crippen molar-refractivity contribution in [3.63, 3.8) is 0 Å². The van der Waals surface area contributed by atoms with E-state index in [9.17, 15) is 24.5 Å². The Labute approximate surface area is 306 Å². The topological polar surface area (TPSA) is 151 Å². The molecular formula is C40H77N2O7P. The molecule has 0 fully saturated rings. The third-order valence-electron chi connectivity index (χ3n) is 8.75. The molecule has 4 unspecified atom stereocenters. The SMILES string of the molecule is CCCC/C=C/CC/C=C/CC/C=C/C(O)C(COP(=O)(O)OCCN)NC(=O)CC(O)CCCCCCCCCCCCCCCCCC. The second kappa shape index (κ2) is 36.1. The molecule has 50 heavy (non-hydrogen) atoms. The molecule has 294 valence electrons. The zero-order valence-electron chi connectivity index (χ0n) is 32.0. The van der Waals surface area contributed by atoms with Crippen molar-refractivity contribution in [2.45, 2.75) is 193 Å². The van der Waals surface area contributed by atoms with E-state index in [2.05, 4.69) is 43.5 Å². The van der Waals surface area contributed by atoms with E-state index in [0.29, 0.717) is 12.8 Å². The maximum Gasteiger partial charge on any atom is 0.472 e. The molecule has 0 saturated carbocycles. The van der Waals surface area contributed by atoms with Crippen molar-refractivity contribution in [2.24, 2.45) is 5.73 Å². The fraction of sp³-hybridized carbons (Fsp3) is 0.825. The van der Waals surface area contributed by atoms with Crippen LogP contribution in [0.15, 0.2) is 36.5 Å². The third-order valence-corrected chi connectivity index (χ3v) is 9.74. The van der Waals surface area contributed by atoms with E-state index < -0.39 is 38.6 Å². The fourth-order valence-electron chi connectivity index (χ4n) is 5.66. The van der Waals surface area contributed by atoms with Gasteiger partial charge >= 0.3 is 7.82 Å². The highest BCUT2D eigenvalue weighted by atomic mass is 31.2. The predicted octanol–water partition coefficient (Wildman–Crippen LogP) is 9.75. The molecule has 10 heteroatoms. The summed E-state index contributed by atoms with van der Waals surface area (Å²) >= 11 is 0. The van der Waals surface area contributed by atoms with Gasteiger partial charge in [0, 0.05) is 6.54 Å². The van der Waals surface area contributed by atoms with Gasteiger partial charge in [-0.3, -0.25) is 13.8 Å². The Hall–Kier alpha value is -1.32. The number of nitrogens with two attached hydrogens (primary N) is 1. The van der Waals surface area contributed by atoms with Gasteiger partial charge < -0.3 is 26.2 Å². The van der Waals surface area contributed by atoms with Crippen molar-refractivity contribution in [2.75, 3.05) is 19.8 Å². The van der Waals surface area contributed by atoms with Crippen molar-refractivity contribution in [1.29, 1.82) is 0 Å². The lowest BCUT2D eigenvalue weighted by atomic mass is 10.0. The molecule has 0 radical (unpaired) electrons. The first kappa shape index (κ1) is 48.7. The number of phosphoric acid groups is 1. The number of carbonyl (C=O) groups excluding carboxylic acids is 1. The minimum absolute atomic E-state index is 0.0425. The second-order valence-electron chi connectivity index (χ2n) is 13.7. The molecule has 0 aliphatic rings. The van der Waals surface area contributed by atoms with Crippen LogP contribution < -0.4 is 11.1 Å². The van der Waals surface area contributed by atoms with Crippen LogP contribution in [0.1, 0.15) is 174 Å². The number of allylic oxidation sites excluding steroid dienone is 5. The molecule has 9 nitrogen and oxygen atoms in total. The van der Waals surface area contributed by atoms with E-state index >= 15 is 0 Å². The molecule has 0 bridgehead atoms. The molecule has 0 spiro atoms. The monoisotopic (exact) mass is 729 g/mol. The van der Waals surface area contributed by atoms with Gasteiger partial charge in [0.05, 0.1) is 37.9 Å². The van der Waals surface area contributed by atoms with Crippen molar-refractivity contribution >= 4 is 13.7 Å². The molecule has 1 amide bonds. The van der Waals surface area contributed by atoms with E-state index in [1.165, 1.54) is 96.3 Å². The first-order valence-corrected chi connectivity index (χ1v) is 21.7. The summed E-state index contributed by atoms with van der Waals surface area (Å²) in [5, 5.41) is 23.9. The number of aliphatic hydroxyl groups excluding tert-OH is 2. The zero-order chi connectivity index (χ0) is 37.0. The Bertz CT molecular complexity index is 899. The van der Waals surface area contributed by atoms with Gasteiger partial charge in [0.15, 0.2) is 0 Å². The Morgan fingerprint density at radius 2 is 1.14 bits per heavy atom. The van der Waals surface area contributed by atoms with Crippen molar-refractivity contribution in [3.8, 4) is 0 Å². The molecule has 0 heterocycles. The number of rotatable bonds is 37. The van der Waals surface area contributed by atoms with Gasteiger partial charge in [-0.2, -0.15) is 0 Å². The van der Waals surface area contributed by atoms with Crippen LogP contribution in [0.5, 0.6) is 0 Å². The lowest BCUT2D eigenvalue weighted by molar-refractivity contribution is -0.124. The second-order valence-corrected chi connectivity index (χ2v) is 15.1. The van der Waals surface area contributed by atoms with E-state index in [0.717, 1.165) is 44.9 Å². The highest BCUT2D eigenvalue weighted by Gasteiger charge is 2.27. The molecular weight excluding hydrogens is 651 g/mol. The molecule has 0 aromatic rings. The maximum atomic E-state index is 12.8. The minimum Gasteiger partial charge on any atom is -0.393 e. The van der Waals surface area contributed by atoms with Gasteiger partial charge in [-0.25, -0.2) is 4.57 Å². The van der Waals surface area contributed by atoms with Crippen molar-refractivity contribution < 1.29 is 33.5 Å². The smallest absolute Gasteiger partial charge is 0.393 e. The van der Waals surface area contributed by atoms with Crippen LogP contribution in [0, 0.1) is 0 Å². The lowest BCUT2D eigenvalue weighted by Gasteiger charge is -2.24. The number of hydrogen-bond acceptors (Lipinski definition) is 7. The third kappa shape index (κ3) is 33.8. The lowest BCUT2D eigenvalue weighted by Crippen LogP contribution is -2.46. The quantitative estimate of drug-likeness (QED) is 0.0241. The van der Waals surface area contributed by atoms with E-state index in [1.807, 2.05) is 6.08 Å². The molecule has 0 aromatic carbocycles. The summed E-state index contributed by atoms with van der Waals surface area (Å²) < 4.78 is 22.0. The molecule has 0 rings (SSSR count). The summed E-state index contributed by atoms with van der Waals surface area (Å²) in [5.74, 6) is -0.461. The van der Waals surface area contributed by atoms with Crippen LogP contribution in [0.4, 0.5) is 0 Å². The molecule has 0 aliphatic carbocycles. The largest absolute Gasteiger partial charge is 0.472 e. The average molecular weight is 729 g/mol. The van der Waals surface area contributed by atoms with Crippen LogP contribution in [0.2, 0.25) is 0 Å². The summed E-state index contributed by atoms with van der Waals surface area (Å²) in [4.78, 5) is 22.7. The predicted molar refractivity (Wildman–Crippen MR) is 209 cm³/mol.